The third-order valence-corrected chi connectivity index (χ3v) is 4.14. The fourth-order valence-corrected chi connectivity index (χ4v) is 2.77. The van der Waals surface area contributed by atoms with Crippen LogP contribution in [0.15, 0.2) is 59.5 Å². The lowest BCUT2D eigenvalue weighted by molar-refractivity contribution is 0.0600. The average molecular weight is 350 g/mol. The first kappa shape index (κ1) is 17.4. The number of aryl methyl sites for hydroxylation is 1. The van der Waals surface area contributed by atoms with Crippen LogP contribution in [0, 0.1) is 0 Å². The Labute approximate surface area is 150 Å². The molecule has 0 aliphatic rings. The Balaban J connectivity index is 1.94. The molecule has 0 bridgehead atoms. The predicted molar refractivity (Wildman–Crippen MR) is 99.6 cm³/mol. The van der Waals surface area contributed by atoms with Crippen LogP contribution in [0.25, 0.3) is 10.9 Å². The molecule has 1 amide bonds. The maximum absolute atomic E-state index is 12.7. The van der Waals surface area contributed by atoms with E-state index in [0.29, 0.717) is 23.2 Å². The highest BCUT2D eigenvalue weighted by molar-refractivity contribution is 6.06. The highest BCUT2D eigenvalue weighted by atomic mass is 16.5. The van der Waals surface area contributed by atoms with Gasteiger partial charge in [0.25, 0.3) is 5.91 Å². The second kappa shape index (κ2) is 7.23. The smallest absolute Gasteiger partial charge is 0.337 e. The Morgan fingerprint density at radius 3 is 2.42 bits per heavy atom. The first-order valence-electron chi connectivity index (χ1n) is 8.17. The number of carbonyl (C=O) groups excluding carboxylic acids is 2. The maximum atomic E-state index is 12.7. The minimum absolute atomic E-state index is 0.0718. The summed E-state index contributed by atoms with van der Waals surface area (Å²) in [6, 6.07) is 13.5. The van der Waals surface area contributed by atoms with E-state index in [1.165, 1.54) is 7.11 Å². The molecule has 3 rings (SSSR count). The van der Waals surface area contributed by atoms with Crippen LogP contribution >= 0.6 is 0 Å². The lowest BCUT2D eigenvalue weighted by Gasteiger charge is -2.12. The summed E-state index contributed by atoms with van der Waals surface area (Å²) in [6.45, 7) is 2.58. The van der Waals surface area contributed by atoms with Gasteiger partial charge in [-0.2, -0.15) is 0 Å². The topological polar surface area (TPSA) is 77.4 Å². The lowest BCUT2D eigenvalue weighted by atomic mass is 10.1. The molecule has 0 saturated carbocycles. The molecule has 1 heterocycles. The summed E-state index contributed by atoms with van der Waals surface area (Å²) in [6.07, 6.45) is 1.57. The van der Waals surface area contributed by atoms with Gasteiger partial charge < -0.3 is 14.6 Å². The quantitative estimate of drug-likeness (QED) is 0.734. The van der Waals surface area contributed by atoms with Gasteiger partial charge in [0.1, 0.15) is 5.56 Å². The summed E-state index contributed by atoms with van der Waals surface area (Å²) in [7, 11) is 1.30. The van der Waals surface area contributed by atoms with Crippen molar-refractivity contribution in [3.05, 3.63) is 76.1 Å². The number of aromatic nitrogens is 1. The molecule has 0 unspecified atom stereocenters. The third kappa shape index (κ3) is 3.21. The van der Waals surface area contributed by atoms with Crippen molar-refractivity contribution in [3.63, 3.8) is 0 Å². The molecular formula is C20H18N2O4. The van der Waals surface area contributed by atoms with Crippen molar-refractivity contribution in [2.24, 2.45) is 0 Å². The van der Waals surface area contributed by atoms with Gasteiger partial charge in [0, 0.05) is 23.8 Å². The molecule has 132 valence electrons. The Kier molecular flexibility index (Phi) is 4.84. The van der Waals surface area contributed by atoms with Gasteiger partial charge in [0.2, 0.25) is 5.43 Å². The molecule has 2 aromatic carbocycles. The van der Waals surface area contributed by atoms with Crippen LogP contribution in [0.3, 0.4) is 0 Å². The van der Waals surface area contributed by atoms with Gasteiger partial charge in [-0.25, -0.2) is 4.79 Å². The van der Waals surface area contributed by atoms with E-state index in [1.54, 1.807) is 42.6 Å². The van der Waals surface area contributed by atoms with E-state index < -0.39 is 11.9 Å². The number of amides is 1. The first-order chi connectivity index (χ1) is 12.5. The molecule has 0 aliphatic heterocycles. The number of methoxy groups -OCH3 is 1. The molecule has 0 spiro atoms. The van der Waals surface area contributed by atoms with Gasteiger partial charge in [-0.15, -0.1) is 0 Å². The predicted octanol–water partition coefficient (Wildman–Crippen LogP) is 3.06. The highest BCUT2D eigenvalue weighted by Crippen LogP contribution is 2.14. The second-order valence-electron chi connectivity index (χ2n) is 5.70. The Bertz CT molecular complexity index is 1040. The van der Waals surface area contributed by atoms with E-state index >= 15 is 0 Å². The van der Waals surface area contributed by atoms with E-state index in [1.807, 2.05) is 23.6 Å². The molecule has 6 nitrogen and oxygen atoms in total. The zero-order chi connectivity index (χ0) is 18.7. The van der Waals surface area contributed by atoms with Crippen LogP contribution in [0.1, 0.15) is 27.6 Å². The monoisotopic (exact) mass is 350 g/mol. The number of anilines is 1. The van der Waals surface area contributed by atoms with Crippen molar-refractivity contribution >= 4 is 28.5 Å². The number of hydrogen-bond donors (Lipinski definition) is 1. The number of carbonyl (C=O) groups is 2. The number of rotatable bonds is 4. The zero-order valence-corrected chi connectivity index (χ0v) is 14.5. The Morgan fingerprint density at radius 1 is 1.08 bits per heavy atom. The molecule has 0 atom stereocenters. The van der Waals surface area contributed by atoms with E-state index in [-0.39, 0.29) is 11.0 Å². The number of hydrogen-bond acceptors (Lipinski definition) is 4. The van der Waals surface area contributed by atoms with Crippen LogP contribution in [0.5, 0.6) is 0 Å². The molecule has 1 N–H and O–H groups in total. The van der Waals surface area contributed by atoms with Crippen molar-refractivity contribution in [3.8, 4) is 0 Å². The molecule has 0 saturated heterocycles. The number of pyridine rings is 1. The maximum Gasteiger partial charge on any atom is 0.337 e. The lowest BCUT2D eigenvalue weighted by Crippen LogP contribution is -2.23. The number of fused-ring (bicyclic) bond motifs is 1. The summed E-state index contributed by atoms with van der Waals surface area (Å²) in [5.74, 6) is -0.947. The summed E-state index contributed by atoms with van der Waals surface area (Å²) >= 11 is 0. The summed E-state index contributed by atoms with van der Waals surface area (Å²) in [4.78, 5) is 36.7. The Morgan fingerprint density at radius 2 is 1.77 bits per heavy atom. The fraction of sp³-hybridized carbons (Fsp3) is 0.150. The van der Waals surface area contributed by atoms with Crippen LogP contribution in [-0.4, -0.2) is 23.6 Å². The molecule has 0 fully saturated rings. The first-order valence-corrected chi connectivity index (χ1v) is 8.17. The summed E-state index contributed by atoms with van der Waals surface area (Å²) in [5.41, 5.74) is 1.42. The standard InChI is InChI=1S/C20H18N2O4/c1-3-22-12-16(18(23)15-6-4-5-7-17(15)22)19(24)21-14-10-8-13(9-11-14)20(25)26-2/h4-12H,3H2,1-2H3,(H,21,24). The minimum Gasteiger partial charge on any atom is -0.465 e. The number of nitrogens with zero attached hydrogens (tertiary/aromatic N) is 1. The number of para-hydroxylation sites is 1. The van der Waals surface area contributed by atoms with Crippen LogP contribution in [-0.2, 0) is 11.3 Å². The van der Waals surface area contributed by atoms with Crippen molar-refractivity contribution in [2.45, 2.75) is 13.5 Å². The zero-order valence-electron chi connectivity index (χ0n) is 14.5. The second-order valence-corrected chi connectivity index (χ2v) is 5.70. The van der Waals surface area contributed by atoms with E-state index in [2.05, 4.69) is 10.1 Å². The van der Waals surface area contributed by atoms with Gasteiger partial charge in [0.05, 0.1) is 18.2 Å². The molecule has 3 aromatic rings. The average Bonchev–Trinajstić information content (AvgIpc) is 2.68. The minimum atomic E-state index is -0.492. The van der Waals surface area contributed by atoms with Crippen molar-refractivity contribution in [1.82, 2.24) is 4.57 Å². The fourth-order valence-electron chi connectivity index (χ4n) is 2.77. The van der Waals surface area contributed by atoms with Crippen molar-refractivity contribution in [1.29, 1.82) is 0 Å². The van der Waals surface area contributed by atoms with E-state index in [4.69, 9.17) is 0 Å². The highest BCUT2D eigenvalue weighted by Gasteiger charge is 2.15. The van der Waals surface area contributed by atoms with E-state index in [0.717, 1.165) is 5.52 Å². The number of esters is 1. The van der Waals surface area contributed by atoms with Crippen LogP contribution in [0.2, 0.25) is 0 Å². The molecular weight excluding hydrogens is 332 g/mol. The third-order valence-electron chi connectivity index (χ3n) is 4.14. The number of nitrogens with one attached hydrogen (secondary N) is 1. The largest absolute Gasteiger partial charge is 0.465 e. The SMILES string of the molecule is CCn1cc(C(=O)Nc2ccc(C(=O)OC)cc2)c(=O)c2ccccc21. The number of benzene rings is 2. The van der Waals surface area contributed by atoms with Gasteiger partial charge in [-0.1, -0.05) is 12.1 Å². The van der Waals surface area contributed by atoms with Crippen LogP contribution in [0.4, 0.5) is 5.69 Å². The molecule has 26 heavy (non-hydrogen) atoms. The molecule has 1 aromatic heterocycles. The summed E-state index contributed by atoms with van der Waals surface area (Å²) in [5, 5.41) is 3.20. The van der Waals surface area contributed by atoms with Gasteiger partial charge in [0.15, 0.2) is 0 Å². The van der Waals surface area contributed by atoms with Crippen LogP contribution < -0.4 is 10.7 Å². The summed E-state index contributed by atoms with van der Waals surface area (Å²) < 4.78 is 6.51. The Hall–Kier alpha value is -3.41. The van der Waals surface area contributed by atoms with Crippen molar-refractivity contribution in [2.75, 3.05) is 12.4 Å². The number of ether oxygens (including phenoxy) is 1. The van der Waals surface area contributed by atoms with Gasteiger partial charge in [-0.3, -0.25) is 9.59 Å². The molecule has 0 aliphatic carbocycles. The van der Waals surface area contributed by atoms with Crippen molar-refractivity contribution < 1.29 is 14.3 Å². The van der Waals surface area contributed by atoms with Gasteiger partial charge >= 0.3 is 5.97 Å². The van der Waals surface area contributed by atoms with Gasteiger partial charge in [-0.05, 0) is 43.3 Å². The van der Waals surface area contributed by atoms with E-state index in [9.17, 15) is 14.4 Å². The normalized spacial score (nSPS) is 10.5. The molecule has 0 radical (unpaired) electrons. The molecule has 6 heteroatoms.